The van der Waals surface area contributed by atoms with E-state index in [0.717, 1.165) is 10.0 Å². The lowest BCUT2D eigenvalue weighted by atomic mass is 10.1. The Kier molecular flexibility index (Phi) is 8.10. The number of ether oxygens (including phenoxy) is 1. The van der Waals surface area contributed by atoms with E-state index in [9.17, 15) is 14.0 Å². The second kappa shape index (κ2) is 11.2. The first-order chi connectivity index (χ1) is 15.4. The number of para-hydroxylation sites is 2. The van der Waals surface area contributed by atoms with Crippen LogP contribution in [0.3, 0.4) is 0 Å². The van der Waals surface area contributed by atoms with Crippen LogP contribution in [0.15, 0.2) is 82.4 Å². The van der Waals surface area contributed by atoms with Crippen molar-refractivity contribution >= 4 is 39.6 Å². The van der Waals surface area contributed by atoms with Gasteiger partial charge in [-0.25, -0.2) is 9.82 Å². The van der Waals surface area contributed by atoms with Crippen LogP contribution in [0, 0.1) is 11.7 Å². The number of hydrogen-bond donors (Lipinski definition) is 2. The topological polar surface area (TPSA) is 79.8 Å². The number of nitrogens with one attached hydrogen (secondary N) is 2. The molecule has 0 aliphatic carbocycles. The maximum absolute atomic E-state index is 13.7. The van der Waals surface area contributed by atoms with E-state index in [0.29, 0.717) is 17.9 Å². The average Bonchev–Trinajstić information content (AvgIpc) is 2.80. The van der Waals surface area contributed by atoms with Gasteiger partial charge in [0.25, 0.3) is 5.91 Å². The van der Waals surface area contributed by atoms with Crippen LogP contribution in [0.4, 0.5) is 10.1 Å². The van der Waals surface area contributed by atoms with Gasteiger partial charge >= 0.3 is 0 Å². The molecule has 3 aromatic rings. The third-order valence-corrected chi connectivity index (χ3v) is 5.05. The Morgan fingerprint density at radius 3 is 2.47 bits per heavy atom. The molecule has 32 heavy (non-hydrogen) atoms. The Labute approximate surface area is 193 Å². The van der Waals surface area contributed by atoms with Gasteiger partial charge in [0, 0.05) is 10.0 Å². The molecule has 0 aromatic heterocycles. The quantitative estimate of drug-likeness (QED) is 0.264. The fourth-order valence-electron chi connectivity index (χ4n) is 2.65. The number of hydrogen-bond acceptors (Lipinski definition) is 4. The molecule has 0 spiro atoms. The van der Waals surface area contributed by atoms with Gasteiger partial charge in [-0.1, -0.05) is 52.3 Å². The monoisotopic (exact) mass is 497 g/mol. The number of halogens is 2. The van der Waals surface area contributed by atoms with Crippen LogP contribution >= 0.6 is 15.9 Å². The molecule has 0 saturated heterocycles. The summed E-state index contributed by atoms with van der Waals surface area (Å²) in [4.78, 5) is 24.5. The lowest BCUT2D eigenvalue weighted by Gasteiger charge is -2.11. The van der Waals surface area contributed by atoms with Gasteiger partial charge in [0.1, 0.15) is 24.1 Å². The zero-order valence-corrected chi connectivity index (χ0v) is 18.8. The molecule has 0 aliphatic heterocycles. The summed E-state index contributed by atoms with van der Waals surface area (Å²) in [7, 11) is 0. The summed E-state index contributed by atoms with van der Waals surface area (Å²) >= 11 is 3.40. The van der Waals surface area contributed by atoms with Gasteiger partial charge in [-0.05, 0) is 48.9 Å². The minimum atomic E-state index is -1.07. The molecule has 0 saturated carbocycles. The number of anilines is 1. The summed E-state index contributed by atoms with van der Waals surface area (Å²) in [6.07, 6.45) is 1.44. The van der Waals surface area contributed by atoms with Crippen molar-refractivity contribution in [3.63, 3.8) is 0 Å². The molecule has 0 heterocycles. The summed E-state index contributed by atoms with van der Waals surface area (Å²) in [5, 5.41) is 6.33. The fourth-order valence-corrected chi connectivity index (χ4v) is 2.91. The van der Waals surface area contributed by atoms with Gasteiger partial charge in [-0.2, -0.15) is 5.10 Å². The third kappa shape index (κ3) is 6.49. The highest BCUT2D eigenvalue weighted by atomic mass is 79.9. The Bertz CT molecular complexity index is 1120. The molecule has 8 heteroatoms. The standard InChI is InChI=1S/C24H21BrFN3O3/c1-16(23(30)28-21-8-4-3-7-20(21)26)24(31)29-27-14-18-6-2-5-9-22(18)32-15-17-10-12-19(25)13-11-17/h2-14,16H,15H2,1H3,(H,28,30)(H,29,31). The number of nitrogens with zero attached hydrogens (tertiary/aromatic N) is 1. The lowest BCUT2D eigenvalue weighted by Crippen LogP contribution is -2.34. The van der Waals surface area contributed by atoms with Crippen LogP contribution in [0.25, 0.3) is 0 Å². The van der Waals surface area contributed by atoms with Crippen molar-refractivity contribution in [3.05, 3.63) is 94.2 Å². The van der Waals surface area contributed by atoms with Crippen molar-refractivity contribution in [2.24, 2.45) is 11.0 Å². The molecule has 2 amide bonds. The van der Waals surface area contributed by atoms with Crippen LogP contribution in [0.2, 0.25) is 0 Å². The largest absolute Gasteiger partial charge is 0.488 e. The molecular formula is C24H21BrFN3O3. The van der Waals surface area contributed by atoms with Gasteiger partial charge in [-0.15, -0.1) is 0 Å². The molecule has 3 rings (SSSR count). The maximum Gasteiger partial charge on any atom is 0.252 e. The number of carbonyl (C=O) groups is 2. The van der Waals surface area contributed by atoms with Crippen LogP contribution in [0.5, 0.6) is 5.75 Å². The number of rotatable bonds is 8. The molecular weight excluding hydrogens is 477 g/mol. The molecule has 0 aliphatic rings. The number of benzene rings is 3. The van der Waals surface area contributed by atoms with E-state index in [4.69, 9.17) is 4.74 Å². The minimum Gasteiger partial charge on any atom is -0.488 e. The zero-order chi connectivity index (χ0) is 22.9. The maximum atomic E-state index is 13.7. The predicted molar refractivity (Wildman–Crippen MR) is 125 cm³/mol. The molecule has 1 unspecified atom stereocenters. The third-order valence-electron chi connectivity index (χ3n) is 4.52. The van der Waals surface area contributed by atoms with E-state index in [1.807, 2.05) is 36.4 Å². The van der Waals surface area contributed by atoms with E-state index < -0.39 is 23.5 Å². The lowest BCUT2D eigenvalue weighted by molar-refractivity contribution is -0.131. The molecule has 0 fully saturated rings. The SMILES string of the molecule is CC(C(=O)NN=Cc1ccccc1OCc1ccc(Br)cc1)C(=O)Nc1ccccc1F. The first-order valence-electron chi connectivity index (χ1n) is 9.78. The Balaban J connectivity index is 1.56. The highest BCUT2D eigenvalue weighted by Crippen LogP contribution is 2.19. The molecule has 0 bridgehead atoms. The van der Waals surface area contributed by atoms with E-state index in [1.54, 1.807) is 18.2 Å². The summed E-state index contributed by atoms with van der Waals surface area (Å²) < 4.78 is 20.5. The normalized spacial score (nSPS) is 11.7. The van der Waals surface area contributed by atoms with Crippen molar-refractivity contribution in [2.45, 2.75) is 13.5 Å². The number of hydrazone groups is 1. The zero-order valence-electron chi connectivity index (χ0n) is 17.2. The van der Waals surface area contributed by atoms with E-state index in [-0.39, 0.29) is 5.69 Å². The number of carbonyl (C=O) groups excluding carboxylic acids is 2. The van der Waals surface area contributed by atoms with Gasteiger partial charge in [0.05, 0.1) is 11.9 Å². The Morgan fingerprint density at radius 1 is 1.03 bits per heavy atom. The van der Waals surface area contributed by atoms with Crippen molar-refractivity contribution < 1.29 is 18.7 Å². The second-order valence-corrected chi connectivity index (χ2v) is 7.79. The number of amides is 2. The molecule has 164 valence electrons. The second-order valence-electron chi connectivity index (χ2n) is 6.88. The van der Waals surface area contributed by atoms with Gasteiger partial charge in [0.15, 0.2) is 0 Å². The Morgan fingerprint density at radius 2 is 1.72 bits per heavy atom. The van der Waals surface area contributed by atoms with E-state index in [1.165, 1.54) is 31.3 Å². The van der Waals surface area contributed by atoms with Crippen molar-refractivity contribution in [2.75, 3.05) is 5.32 Å². The molecule has 3 aromatic carbocycles. The average molecular weight is 498 g/mol. The van der Waals surface area contributed by atoms with Crippen molar-refractivity contribution in [1.29, 1.82) is 0 Å². The molecule has 6 nitrogen and oxygen atoms in total. The smallest absolute Gasteiger partial charge is 0.252 e. The van der Waals surface area contributed by atoms with Crippen LogP contribution in [-0.2, 0) is 16.2 Å². The first kappa shape index (κ1) is 23.1. The Hall–Kier alpha value is -3.52. The van der Waals surface area contributed by atoms with E-state index in [2.05, 4.69) is 31.8 Å². The van der Waals surface area contributed by atoms with E-state index >= 15 is 0 Å². The van der Waals surface area contributed by atoms with Gasteiger partial charge in [0.2, 0.25) is 5.91 Å². The molecule has 2 N–H and O–H groups in total. The van der Waals surface area contributed by atoms with Gasteiger partial charge < -0.3 is 10.1 Å². The van der Waals surface area contributed by atoms with Crippen LogP contribution in [-0.4, -0.2) is 18.0 Å². The van der Waals surface area contributed by atoms with Crippen LogP contribution < -0.4 is 15.5 Å². The first-order valence-corrected chi connectivity index (χ1v) is 10.6. The van der Waals surface area contributed by atoms with Crippen molar-refractivity contribution in [3.8, 4) is 5.75 Å². The van der Waals surface area contributed by atoms with Gasteiger partial charge in [-0.3, -0.25) is 9.59 Å². The summed E-state index contributed by atoms with van der Waals surface area (Å²) in [6, 6.07) is 20.8. The molecule has 0 radical (unpaired) electrons. The fraction of sp³-hybridized carbons (Fsp3) is 0.125. The summed E-state index contributed by atoms with van der Waals surface area (Å²) in [5.74, 6) is -2.31. The van der Waals surface area contributed by atoms with Crippen LogP contribution in [0.1, 0.15) is 18.1 Å². The highest BCUT2D eigenvalue weighted by Gasteiger charge is 2.22. The molecule has 1 atom stereocenters. The minimum absolute atomic E-state index is 0.0116. The van der Waals surface area contributed by atoms with Crippen molar-refractivity contribution in [1.82, 2.24) is 5.43 Å². The highest BCUT2D eigenvalue weighted by molar-refractivity contribution is 9.10. The predicted octanol–water partition coefficient (Wildman–Crippen LogP) is 4.89. The summed E-state index contributed by atoms with van der Waals surface area (Å²) in [6.45, 7) is 1.79. The summed E-state index contributed by atoms with van der Waals surface area (Å²) in [5.41, 5.74) is 4.01.